The molecule has 2 aromatic heterocycles. The Hall–Kier alpha value is -2.76. The Morgan fingerprint density at radius 1 is 1.00 bits per heavy atom. The molecule has 6 heteroatoms. The summed E-state index contributed by atoms with van der Waals surface area (Å²) < 4.78 is 0. The Morgan fingerprint density at radius 3 is 2.63 bits per heavy atom. The topological polar surface area (TPSA) is 82.5 Å². The SMILES string of the molecule is Nc1cccc(Cn2nnc(-c3ccccc3)n2)n1. The monoisotopic (exact) mass is 252 g/mol. The average Bonchev–Trinajstić information content (AvgIpc) is 2.88. The summed E-state index contributed by atoms with van der Waals surface area (Å²) in [5, 5.41) is 12.4. The van der Waals surface area contributed by atoms with Crippen molar-refractivity contribution < 1.29 is 0 Å². The predicted octanol–water partition coefficient (Wildman–Crippen LogP) is 1.37. The Balaban J connectivity index is 1.82. The second kappa shape index (κ2) is 4.85. The van der Waals surface area contributed by atoms with Crippen LogP contribution in [0.5, 0.6) is 0 Å². The lowest BCUT2D eigenvalue weighted by Gasteiger charge is -1.99. The zero-order valence-electron chi connectivity index (χ0n) is 10.1. The van der Waals surface area contributed by atoms with E-state index in [1.54, 1.807) is 6.07 Å². The van der Waals surface area contributed by atoms with Crippen LogP contribution in [0.25, 0.3) is 11.4 Å². The van der Waals surface area contributed by atoms with Gasteiger partial charge in [-0.15, -0.1) is 10.2 Å². The van der Waals surface area contributed by atoms with Crippen LogP contribution in [0, 0.1) is 0 Å². The third-order valence-corrected chi connectivity index (χ3v) is 2.62. The number of rotatable bonds is 3. The number of aromatic nitrogens is 5. The van der Waals surface area contributed by atoms with Gasteiger partial charge in [-0.05, 0) is 17.3 Å². The molecule has 19 heavy (non-hydrogen) atoms. The summed E-state index contributed by atoms with van der Waals surface area (Å²) >= 11 is 0. The van der Waals surface area contributed by atoms with Crippen LogP contribution in [0.15, 0.2) is 48.5 Å². The molecule has 1 aromatic carbocycles. The van der Waals surface area contributed by atoms with Crippen molar-refractivity contribution in [2.24, 2.45) is 0 Å². The molecule has 0 fully saturated rings. The van der Waals surface area contributed by atoms with E-state index in [1.807, 2.05) is 42.5 Å². The summed E-state index contributed by atoms with van der Waals surface area (Å²) in [5.74, 6) is 1.09. The summed E-state index contributed by atoms with van der Waals surface area (Å²) in [6.07, 6.45) is 0. The predicted molar refractivity (Wildman–Crippen MR) is 71.0 cm³/mol. The molecule has 3 rings (SSSR count). The van der Waals surface area contributed by atoms with Crippen molar-refractivity contribution in [1.82, 2.24) is 25.2 Å². The van der Waals surface area contributed by atoms with Gasteiger partial charge in [0.15, 0.2) is 0 Å². The largest absolute Gasteiger partial charge is 0.384 e. The van der Waals surface area contributed by atoms with E-state index < -0.39 is 0 Å². The highest BCUT2D eigenvalue weighted by molar-refractivity contribution is 5.52. The molecule has 0 bridgehead atoms. The number of nitrogens with zero attached hydrogens (tertiary/aromatic N) is 5. The van der Waals surface area contributed by atoms with Gasteiger partial charge in [0.2, 0.25) is 5.82 Å². The molecule has 0 atom stereocenters. The van der Waals surface area contributed by atoms with E-state index in [0.29, 0.717) is 18.2 Å². The highest BCUT2D eigenvalue weighted by Gasteiger charge is 2.06. The maximum atomic E-state index is 5.63. The summed E-state index contributed by atoms with van der Waals surface area (Å²) in [7, 11) is 0. The molecule has 2 heterocycles. The first-order chi connectivity index (χ1) is 9.31. The number of benzene rings is 1. The van der Waals surface area contributed by atoms with E-state index in [1.165, 1.54) is 4.80 Å². The molecule has 6 nitrogen and oxygen atoms in total. The van der Waals surface area contributed by atoms with Gasteiger partial charge in [-0.25, -0.2) is 4.98 Å². The molecule has 0 aliphatic rings. The molecule has 0 unspecified atom stereocenters. The van der Waals surface area contributed by atoms with Crippen LogP contribution in [0.3, 0.4) is 0 Å². The highest BCUT2D eigenvalue weighted by Crippen LogP contribution is 2.12. The smallest absolute Gasteiger partial charge is 0.204 e. The number of tetrazole rings is 1. The van der Waals surface area contributed by atoms with E-state index in [4.69, 9.17) is 5.73 Å². The molecule has 0 saturated heterocycles. The number of pyridine rings is 1. The Morgan fingerprint density at radius 2 is 1.84 bits per heavy atom. The van der Waals surface area contributed by atoms with Gasteiger partial charge < -0.3 is 5.73 Å². The summed E-state index contributed by atoms with van der Waals surface area (Å²) in [4.78, 5) is 5.70. The normalized spacial score (nSPS) is 10.5. The van der Waals surface area contributed by atoms with Crippen molar-refractivity contribution in [3.8, 4) is 11.4 Å². The standard InChI is InChI=1S/C13H12N6/c14-12-8-4-7-11(15-12)9-19-17-13(16-18-19)10-5-2-1-3-6-10/h1-8H,9H2,(H2,14,15). The number of nitrogens with two attached hydrogens (primary N) is 1. The van der Waals surface area contributed by atoms with Gasteiger partial charge in [-0.1, -0.05) is 36.4 Å². The number of nitrogen functional groups attached to an aromatic ring is 1. The van der Waals surface area contributed by atoms with Gasteiger partial charge in [0.1, 0.15) is 12.4 Å². The van der Waals surface area contributed by atoms with Gasteiger partial charge in [0.05, 0.1) is 5.69 Å². The van der Waals surface area contributed by atoms with Crippen LogP contribution in [-0.2, 0) is 6.54 Å². The summed E-state index contributed by atoms with van der Waals surface area (Å²) in [6, 6.07) is 15.2. The third kappa shape index (κ3) is 2.57. The van der Waals surface area contributed by atoms with E-state index >= 15 is 0 Å². The van der Waals surface area contributed by atoms with Crippen molar-refractivity contribution in [3.63, 3.8) is 0 Å². The van der Waals surface area contributed by atoms with Gasteiger partial charge >= 0.3 is 0 Å². The molecule has 0 amide bonds. The Labute approximate surface area is 109 Å². The van der Waals surface area contributed by atoms with Crippen LogP contribution in [0.2, 0.25) is 0 Å². The average molecular weight is 252 g/mol. The molecule has 0 aliphatic heterocycles. The lowest BCUT2D eigenvalue weighted by atomic mass is 10.2. The molecule has 2 N–H and O–H groups in total. The Kier molecular flexibility index (Phi) is 2.89. The fourth-order valence-corrected chi connectivity index (χ4v) is 1.74. The van der Waals surface area contributed by atoms with E-state index in [0.717, 1.165) is 11.3 Å². The maximum Gasteiger partial charge on any atom is 0.204 e. The van der Waals surface area contributed by atoms with Crippen molar-refractivity contribution in [3.05, 3.63) is 54.2 Å². The van der Waals surface area contributed by atoms with Crippen molar-refractivity contribution in [2.45, 2.75) is 6.54 Å². The first kappa shape index (κ1) is 11.3. The zero-order chi connectivity index (χ0) is 13.1. The Bertz CT molecular complexity index is 676. The van der Waals surface area contributed by atoms with E-state index in [9.17, 15) is 0 Å². The number of hydrogen-bond donors (Lipinski definition) is 1. The van der Waals surface area contributed by atoms with Crippen LogP contribution >= 0.6 is 0 Å². The first-order valence-corrected chi connectivity index (χ1v) is 5.86. The molecule has 0 spiro atoms. The van der Waals surface area contributed by atoms with Gasteiger partial charge in [0.25, 0.3) is 0 Å². The highest BCUT2D eigenvalue weighted by atomic mass is 15.6. The van der Waals surface area contributed by atoms with Crippen molar-refractivity contribution >= 4 is 5.82 Å². The number of anilines is 1. The fraction of sp³-hybridized carbons (Fsp3) is 0.0769. The lowest BCUT2D eigenvalue weighted by molar-refractivity contribution is 0.565. The summed E-state index contributed by atoms with van der Waals surface area (Å²) in [6.45, 7) is 0.449. The second-order valence-corrected chi connectivity index (χ2v) is 4.06. The van der Waals surface area contributed by atoms with Gasteiger partial charge in [0, 0.05) is 5.56 Å². The van der Waals surface area contributed by atoms with E-state index in [2.05, 4.69) is 20.4 Å². The quantitative estimate of drug-likeness (QED) is 0.761. The van der Waals surface area contributed by atoms with Crippen molar-refractivity contribution in [1.29, 1.82) is 0 Å². The minimum Gasteiger partial charge on any atom is -0.384 e. The molecular weight excluding hydrogens is 240 g/mol. The minimum absolute atomic E-state index is 0.449. The summed E-state index contributed by atoms with van der Waals surface area (Å²) in [5.41, 5.74) is 7.37. The van der Waals surface area contributed by atoms with Gasteiger partial charge in [-0.3, -0.25) is 0 Å². The van der Waals surface area contributed by atoms with Crippen LogP contribution in [0.1, 0.15) is 5.69 Å². The molecule has 0 radical (unpaired) electrons. The third-order valence-electron chi connectivity index (χ3n) is 2.62. The molecular formula is C13H12N6. The minimum atomic E-state index is 0.449. The van der Waals surface area contributed by atoms with Gasteiger partial charge in [-0.2, -0.15) is 4.80 Å². The maximum absolute atomic E-state index is 5.63. The first-order valence-electron chi connectivity index (χ1n) is 5.86. The lowest BCUT2D eigenvalue weighted by Crippen LogP contribution is -2.06. The zero-order valence-corrected chi connectivity index (χ0v) is 10.1. The van der Waals surface area contributed by atoms with Crippen LogP contribution in [-0.4, -0.2) is 25.2 Å². The second-order valence-electron chi connectivity index (χ2n) is 4.06. The van der Waals surface area contributed by atoms with E-state index in [-0.39, 0.29) is 0 Å². The molecule has 0 aliphatic carbocycles. The van der Waals surface area contributed by atoms with Crippen LogP contribution < -0.4 is 5.73 Å². The van der Waals surface area contributed by atoms with Crippen LogP contribution in [0.4, 0.5) is 5.82 Å². The molecule has 0 saturated carbocycles. The number of hydrogen-bond acceptors (Lipinski definition) is 5. The molecule has 3 aromatic rings. The van der Waals surface area contributed by atoms with Crippen molar-refractivity contribution in [2.75, 3.05) is 5.73 Å². The fourth-order valence-electron chi connectivity index (χ4n) is 1.74. The molecule has 94 valence electrons.